The predicted octanol–water partition coefficient (Wildman–Crippen LogP) is 2.06. The van der Waals surface area contributed by atoms with Crippen molar-refractivity contribution in [3.05, 3.63) is 36.0 Å². The van der Waals surface area contributed by atoms with Crippen LogP contribution in [0.2, 0.25) is 0 Å². The quantitative estimate of drug-likeness (QED) is 0.438. The maximum atomic E-state index is 3.07. The van der Waals surface area contributed by atoms with Gasteiger partial charge in [-0.05, 0) is 11.6 Å². The second-order valence-electron chi connectivity index (χ2n) is 2.52. The van der Waals surface area contributed by atoms with Gasteiger partial charge >= 0.3 is 0 Å². The molecule has 0 amide bonds. The van der Waals surface area contributed by atoms with Crippen LogP contribution in [-0.4, -0.2) is 0 Å². The lowest BCUT2D eigenvalue weighted by atomic mass is 9.89. The molecule has 0 radical (unpaired) electrons. The smallest absolute Gasteiger partial charge is 0.0196 e. The fourth-order valence-corrected chi connectivity index (χ4v) is 1.24. The van der Waals surface area contributed by atoms with Crippen molar-refractivity contribution in [2.75, 3.05) is 0 Å². The second kappa shape index (κ2) is 2.19. The van der Waals surface area contributed by atoms with Gasteiger partial charge in [0.2, 0.25) is 0 Å². The van der Waals surface area contributed by atoms with Gasteiger partial charge in [-0.2, -0.15) is 0 Å². The standard InChI is InChI=1S/C10H8/c1-2-6-10-8-4-3-7-9(10)5-1/h1-2,5-7,10H,8H2. The minimum absolute atomic E-state index is 0.575. The summed E-state index contributed by atoms with van der Waals surface area (Å²) in [6.07, 6.45) is 11.5. The molecule has 2 aliphatic rings. The van der Waals surface area contributed by atoms with Crippen molar-refractivity contribution in [2.45, 2.75) is 6.42 Å². The molecule has 0 heterocycles. The van der Waals surface area contributed by atoms with E-state index in [0.717, 1.165) is 6.42 Å². The van der Waals surface area contributed by atoms with Crippen molar-refractivity contribution >= 4 is 0 Å². The van der Waals surface area contributed by atoms with Gasteiger partial charge in [0.1, 0.15) is 0 Å². The van der Waals surface area contributed by atoms with Crippen LogP contribution in [0.25, 0.3) is 0 Å². The van der Waals surface area contributed by atoms with Crippen molar-refractivity contribution in [3.63, 3.8) is 0 Å². The molecule has 0 spiro atoms. The number of fused-ring (bicyclic) bond motifs is 1. The molecule has 0 fully saturated rings. The van der Waals surface area contributed by atoms with Gasteiger partial charge in [-0.1, -0.05) is 36.1 Å². The third-order valence-corrected chi connectivity index (χ3v) is 1.83. The average molecular weight is 128 g/mol. The molecular weight excluding hydrogens is 120 g/mol. The van der Waals surface area contributed by atoms with Crippen LogP contribution in [0, 0.1) is 17.8 Å². The Labute approximate surface area is 60.9 Å². The molecule has 1 atom stereocenters. The van der Waals surface area contributed by atoms with E-state index in [-0.39, 0.29) is 0 Å². The Kier molecular flexibility index (Phi) is 1.22. The third-order valence-electron chi connectivity index (χ3n) is 1.83. The van der Waals surface area contributed by atoms with E-state index in [1.807, 2.05) is 6.08 Å². The van der Waals surface area contributed by atoms with Gasteiger partial charge in [0.25, 0.3) is 0 Å². The van der Waals surface area contributed by atoms with Crippen molar-refractivity contribution in [1.29, 1.82) is 0 Å². The van der Waals surface area contributed by atoms with E-state index >= 15 is 0 Å². The fraction of sp³-hybridized carbons (Fsp3) is 0.200. The SMILES string of the molecule is C1#CCC2C=CC=CC2=C1. The highest BCUT2D eigenvalue weighted by molar-refractivity contribution is 5.41. The van der Waals surface area contributed by atoms with E-state index in [1.165, 1.54) is 5.57 Å². The summed E-state index contributed by atoms with van der Waals surface area (Å²) in [5.74, 6) is 6.63. The number of hydrogen-bond donors (Lipinski definition) is 0. The molecule has 48 valence electrons. The van der Waals surface area contributed by atoms with Crippen LogP contribution < -0.4 is 0 Å². The maximum Gasteiger partial charge on any atom is 0.0196 e. The zero-order valence-electron chi connectivity index (χ0n) is 5.67. The minimum atomic E-state index is 0.575. The molecule has 0 N–H and O–H groups in total. The van der Waals surface area contributed by atoms with Crippen LogP contribution >= 0.6 is 0 Å². The first-order chi connectivity index (χ1) is 4.97. The summed E-state index contributed by atoms with van der Waals surface area (Å²) in [6, 6.07) is 0. The average Bonchev–Trinajstić information content (AvgIpc) is 2.05. The Morgan fingerprint density at radius 2 is 2.40 bits per heavy atom. The molecule has 0 saturated heterocycles. The summed E-state index contributed by atoms with van der Waals surface area (Å²) < 4.78 is 0. The lowest BCUT2D eigenvalue weighted by Gasteiger charge is -2.14. The monoisotopic (exact) mass is 128 g/mol. The highest BCUT2D eigenvalue weighted by Crippen LogP contribution is 2.22. The Bertz CT molecular complexity index is 279. The molecule has 0 aromatic rings. The molecule has 0 aromatic heterocycles. The molecule has 0 aliphatic heterocycles. The van der Waals surface area contributed by atoms with Crippen LogP contribution in [0.1, 0.15) is 6.42 Å². The molecule has 0 saturated carbocycles. The number of rotatable bonds is 0. The van der Waals surface area contributed by atoms with Crippen molar-refractivity contribution in [2.24, 2.45) is 5.92 Å². The van der Waals surface area contributed by atoms with Crippen LogP contribution in [0.4, 0.5) is 0 Å². The topological polar surface area (TPSA) is 0 Å². The summed E-state index contributed by atoms with van der Waals surface area (Å²) in [6.45, 7) is 0. The lowest BCUT2D eigenvalue weighted by molar-refractivity contribution is 0.801. The molecule has 2 aliphatic carbocycles. The normalized spacial score (nSPS) is 26.4. The van der Waals surface area contributed by atoms with E-state index in [4.69, 9.17) is 0 Å². The Balaban J connectivity index is 2.38. The van der Waals surface area contributed by atoms with Crippen LogP contribution in [0.3, 0.4) is 0 Å². The summed E-state index contributed by atoms with van der Waals surface area (Å²) in [4.78, 5) is 0. The largest absolute Gasteiger partial charge is 0.0975 e. The van der Waals surface area contributed by atoms with Gasteiger partial charge < -0.3 is 0 Å². The molecule has 0 aromatic carbocycles. The Hall–Kier alpha value is -1.22. The number of allylic oxidation sites excluding steroid dienone is 6. The summed E-state index contributed by atoms with van der Waals surface area (Å²) in [7, 11) is 0. The van der Waals surface area contributed by atoms with Crippen molar-refractivity contribution in [3.8, 4) is 11.8 Å². The first kappa shape index (κ1) is 5.56. The molecule has 2 rings (SSSR count). The maximum absolute atomic E-state index is 3.07. The van der Waals surface area contributed by atoms with Crippen LogP contribution in [0.5, 0.6) is 0 Å². The van der Waals surface area contributed by atoms with Gasteiger partial charge in [-0.25, -0.2) is 0 Å². The van der Waals surface area contributed by atoms with E-state index in [0.29, 0.717) is 5.92 Å². The molecule has 1 unspecified atom stereocenters. The van der Waals surface area contributed by atoms with Crippen LogP contribution in [-0.2, 0) is 0 Å². The summed E-state index contributed by atoms with van der Waals surface area (Å²) in [5.41, 5.74) is 1.36. The van der Waals surface area contributed by atoms with E-state index < -0.39 is 0 Å². The minimum Gasteiger partial charge on any atom is -0.0975 e. The fourth-order valence-electron chi connectivity index (χ4n) is 1.24. The lowest BCUT2D eigenvalue weighted by Crippen LogP contribution is -2.02. The Morgan fingerprint density at radius 3 is 3.30 bits per heavy atom. The predicted molar refractivity (Wildman–Crippen MR) is 42.2 cm³/mol. The highest BCUT2D eigenvalue weighted by atomic mass is 14.1. The van der Waals surface area contributed by atoms with Gasteiger partial charge in [-0.15, -0.1) is 0 Å². The third kappa shape index (κ3) is 0.804. The summed E-state index contributed by atoms with van der Waals surface area (Å²) >= 11 is 0. The first-order valence-corrected chi connectivity index (χ1v) is 3.50. The van der Waals surface area contributed by atoms with E-state index in [9.17, 15) is 0 Å². The molecule has 0 nitrogen and oxygen atoms in total. The first-order valence-electron chi connectivity index (χ1n) is 3.50. The zero-order chi connectivity index (χ0) is 6.81. The van der Waals surface area contributed by atoms with E-state index in [2.05, 4.69) is 36.1 Å². The van der Waals surface area contributed by atoms with Gasteiger partial charge in [-0.3, -0.25) is 0 Å². The van der Waals surface area contributed by atoms with Crippen LogP contribution in [0.15, 0.2) is 36.0 Å². The summed E-state index contributed by atoms with van der Waals surface area (Å²) in [5, 5.41) is 0. The van der Waals surface area contributed by atoms with E-state index in [1.54, 1.807) is 0 Å². The van der Waals surface area contributed by atoms with Gasteiger partial charge in [0.15, 0.2) is 0 Å². The molecule has 0 heteroatoms. The Morgan fingerprint density at radius 1 is 1.40 bits per heavy atom. The second-order valence-corrected chi connectivity index (χ2v) is 2.52. The number of hydrogen-bond acceptors (Lipinski definition) is 0. The molecule has 0 bridgehead atoms. The highest BCUT2D eigenvalue weighted by Gasteiger charge is 2.10. The van der Waals surface area contributed by atoms with Crippen molar-refractivity contribution in [1.82, 2.24) is 0 Å². The molecular formula is C10H8. The van der Waals surface area contributed by atoms with Gasteiger partial charge in [0.05, 0.1) is 0 Å². The zero-order valence-corrected chi connectivity index (χ0v) is 5.67. The molecule has 10 heavy (non-hydrogen) atoms. The van der Waals surface area contributed by atoms with Gasteiger partial charge in [0, 0.05) is 12.3 Å². The van der Waals surface area contributed by atoms with Crippen molar-refractivity contribution < 1.29 is 0 Å².